The Morgan fingerprint density at radius 1 is 1.39 bits per heavy atom. The number of nitrogens with one attached hydrogen (secondary N) is 2. The zero-order chi connectivity index (χ0) is 13.1. The third-order valence-electron chi connectivity index (χ3n) is 2.55. The topological polar surface area (TPSA) is 87.1 Å². The number of H-pyrrole nitrogens is 1. The average Bonchev–Trinajstić information content (AvgIpc) is 2.76. The van der Waals surface area contributed by atoms with Crippen LogP contribution in [0.5, 0.6) is 0 Å². The van der Waals surface area contributed by atoms with Gasteiger partial charge in [-0.05, 0) is 31.2 Å². The van der Waals surface area contributed by atoms with E-state index in [4.69, 9.17) is 5.11 Å². The molecule has 2 aromatic rings. The molecule has 0 saturated heterocycles. The highest BCUT2D eigenvalue weighted by atomic mass is 16.4. The predicted molar refractivity (Wildman–Crippen MR) is 67.1 cm³/mol. The molecule has 1 aromatic carbocycles. The molecule has 6 heteroatoms. The number of aliphatic carboxylic acids is 1. The van der Waals surface area contributed by atoms with E-state index in [2.05, 4.69) is 10.3 Å². The van der Waals surface area contributed by atoms with E-state index in [1.807, 2.05) is 0 Å². The molecule has 0 fully saturated rings. The van der Waals surface area contributed by atoms with Crippen LogP contribution < -0.4 is 11.0 Å². The summed E-state index contributed by atoms with van der Waals surface area (Å²) < 4.78 is 1.46. The van der Waals surface area contributed by atoms with E-state index in [0.717, 1.165) is 5.69 Å². The summed E-state index contributed by atoms with van der Waals surface area (Å²) in [4.78, 5) is 24.6. The van der Waals surface area contributed by atoms with Crippen molar-refractivity contribution in [3.63, 3.8) is 0 Å². The lowest BCUT2D eigenvalue weighted by molar-refractivity contribution is -0.137. The second-order valence-corrected chi connectivity index (χ2v) is 3.89. The molecular formula is C12H13N3O3. The predicted octanol–water partition coefficient (Wildman–Crippen LogP) is 1.05. The number of benzene rings is 1. The molecule has 18 heavy (non-hydrogen) atoms. The number of imidazole rings is 1. The molecule has 0 aliphatic carbocycles. The van der Waals surface area contributed by atoms with E-state index in [1.54, 1.807) is 43.6 Å². The number of hydrogen-bond acceptors (Lipinski definition) is 3. The van der Waals surface area contributed by atoms with Crippen molar-refractivity contribution in [3.8, 4) is 5.69 Å². The van der Waals surface area contributed by atoms with Crippen molar-refractivity contribution < 1.29 is 9.90 Å². The first-order chi connectivity index (χ1) is 8.58. The minimum Gasteiger partial charge on any atom is -0.480 e. The van der Waals surface area contributed by atoms with Crippen LogP contribution in [0.1, 0.15) is 6.92 Å². The molecule has 3 N–H and O–H groups in total. The third kappa shape index (κ3) is 2.42. The zero-order valence-electron chi connectivity index (χ0n) is 9.75. The quantitative estimate of drug-likeness (QED) is 0.753. The van der Waals surface area contributed by atoms with Gasteiger partial charge in [0, 0.05) is 18.1 Å². The Hall–Kier alpha value is -2.50. The highest BCUT2D eigenvalue weighted by molar-refractivity contribution is 5.76. The zero-order valence-corrected chi connectivity index (χ0v) is 9.75. The lowest BCUT2D eigenvalue weighted by Gasteiger charge is -2.11. The molecular weight excluding hydrogens is 234 g/mol. The van der Waals surface area contributed by atoms with Crippen molar-refractivity contribution >= 4 is 11.7 Å². The molecule has 0 saturated carbocycles. The summed E-state index contributed by atoms with van der Waals surface area (Å²) in [6, 6.07) is 6.28. The number of carboxylic acids is 1. The summed E-state index contributed by atoms with van der Waals surface area (Å²) in [7, 11) is 0. The van der Waals surface area contributed by atoms with Gasteiger partial charge < -0.3 is 15.4 Å². The van der Waals surface area contributed by atoms with Crippen molar-refractivity contribution in [1.29, 1.82) is 0 Å². The first-order valence-corrected chi connectivity index (χ1v) is 5.44. The van der Waals surface area contributed by atoms with Crippen molar-refractivity contribution in [2.45, 2.75) is 13.0 Å². The second kappa shape index (κ2) is 4.79. The van der Waals surface area contributed by atoms with Crippen LogP contribution in [0.15, 0.2) is 41.5 Å². The van der Waals surface area contributed by atoms with Crippen LogP contribution in [0.4, 0.5) is 5.69 Å². The fourth-order valence-electron chi connectivity index (χ4n) is 1.55. The number of hydrogen-bond donors (Lipinski definition) is 3. The van der Waals surface area contributed by atoms with Crippen LogP contribution >= 0.6 is 0 Å². The largest absolute Gasteiger partial charge is 0.480 e. The Morgan fingerprint density at radius 2 is 2.06 bits per heavy atom. The van der Waals surface area contributed by atoms with Crippen molar-refractivity contribution in [3.05, 3.63) is 47.1 Å². The van der Waals surface area contributed by atoms with E-state index in [0.29, 0.717) is 5.69 Å². The lowest BCUT2D eigenvalue weighted by Crippen LogP contribution is -2.25. The van der Waals surface area contributed by atoms with E-state index in [9.17, 15) is 9.59 Å². The molecule has 2 rings (SSSR count). The minimum atomic E-state index is -0.916. The number of carbonyl (C=O) groups is 1. The number of aromatic nitrogens is 2. The van der Waals surface area contributed by atoms with Gasteiger partial charge in [0.25, 0.3) is 0 Å². The van der Waals surface area contributed by atoms with E-state index >= 15 is 0 Å². The normalized spacial score (nSPS) is 12.1. The van der Waals surface area contributed by atoms with Crippen LogP contribution in [0.25, 0.3) is 5.69 Å². The Labute approximate surface area is 103 Å². The summed E-state index contributed by atoms with van der Waals surface area (Å²) in [6.07, 6.45) is 3.19. The summed E-state index contributed by atoms with van der Waals surface area (Å²) >= 11 is 0. The monoisotopic (exact) mass is 247 g/mol. The molecule has 0 bridgehead atoms. The van der Waals surface area contributed by atoms with Gasteiger partial charge in [0.1, 0.15) is 6.04 Å². The Kier molecular flexibility index (Phi) is 3.18. The van der Waals surface area contributed by atoms with Crippen molar-refractivity contribution in [2.24, 2.45) is 0 Å². The van der Waals surface area contributed by atoms with Crippen LogP contribution in [-0.4, -0.2) is 26.7 Å². The summed E-state index contributed by atoms with van der Waals surface area (Å²) in [6.45, 7) is 1.56. The SMILES string of the molecule is CC(Nc1ccc(-n2cc[nH]c2=O)cc1)C(=O)O. The second-order valence-electron chi connectivity index (χ2n) is 3.89. The number of carboxylic acid groups (broad SMARTS) is 1. The summed E-state index contributed by atoms with van der Waals surface area (Å²) in [5, 5.41) is 11.6. The first-order valence-electron chi connectivity index (χ1n) is 5.44. The lowest BCUT2D eigenvalue weighted by atomic mass is 10.2. The molecule has 0 aliphatic rings. The molecule has 0 spiro atoms. The van der Waals surface area contributed by atoms with Crippen LogP contribution in [0.3, 0.4) is 0 Å². The number of rotatable bonds is 4. The first kappa shape index (κ1) is 12.0. The van der Waals surface area contributed by atoms with Gasteiger partial charge in [0.15, 0.2) is 0 Å². The summed E-state index contributed by atoms with van der Waals surface area (Å²) in [5.74, 6) is -0.916. The average molecular weight is 247 g/mol. The minimum absolute atomic E-state index is 0.213. The number of aromatic amines is 1. The van der Waals surface area contributed by atoms with Gasteiger partial charge in [0.2, 0.25) is 0 Å². The Bertz CT molecular complexity index is 598. The van der Waals surface area contributed by atoms with Gasteiger partial charge in [-0.25, -0.2) is 4.79 Å². The van der Waals surface area contributed by atoms with Gasteiger partial charge in [-0.15, -0.1) is 0 Å². The Balaban J connectivity index is 2.18. The Morgan fingerprint density at radius 3 is 2.56 bits per heavy atom. The maximum Gasteiger partial charge on any atom is 0.330 e. The smallest absolute Gasteiger partial charge is 0.330 e. The van der Waals surface area contributed by atoms with Crippen LogP contribution in [0, 0.1) is 0 Å². The van der Waals surface area contributed by atoms with Crippen molar-refractivity contribution in [2.75, 3.05) is 5.32 Å². The van der Waals surface area contributed by atoms with Gasteiger partial charge in [0.05, 0.1) is 5.69 Å². The van der Waals surface area contributed by atoms with Gasteiger partial charge in [-0.2, -0.15) is 0 Å². The molecule has 1 heterocycles. The van der Waals surface area contributed by atoms with Gasteiger partial charge in [-0.1, -0.05) is 0 Å². The molecule has 0 amide bonds. The van der Waals surface area contributed by atoms with Gasteiger partial charge in [-0.3, -0.25) is 9.36 Å². The number of anilines is 1. The van der Waals surface area contributed by atoms with E-state index in [1.165, 1.54) is 4.57 Å². The molecule has 1 atom stereocenters. The molecule has 0 radical (unpaired) electrons. The molecule has 1 unspecified atom stereocenters. The molecule has 1 aromatic heterocycles. The maximum absolute atomic E-state index is 11.4. The molecule has 6 nitrogen and oxygen atoms in total. The van der Waals surface area contributed by atoms with Crippen LogP contribution in [0.2, 0.25) is 0 Å². The molecule has 0 aliphatic heterocycles. The highest BCUT2D eigenvalue weighted by Crippen LogP contribution is 2.12. The maximum atomic E-state index is 11.4. The van der Waals surface area contributed by atoms with E-state index < -0.39 is 12.0 Å². The van der Waals surface area contributed by atoms with Gasteiger partial charge >= 0.3 is 11.7 Å². The van der Waals surface area contributed by atoms with E-state index in [-0.39, 0.29) is 5.69 Å². The van der Waals surface area contributed by atoms with Crippen LogP contribution in [-0.2, 0) is 4.79 Å². The van der Waals surface area contributed by atoms with Crippen molar-refractivity contribution in [1.82, 2.24) is 9.55 Å². The molecule has 94 valence electrons. The number of nitrogens with zero attached hydrogens (tertiary/aromatic N) is 1. The highest BCUT2D eigenvalue weighted by Gasteiger charge is 2.09. The fourth-order valence-corrected chi connectivity index (χ4v) is 1.55. The standard InChI is InChI=1S/C12H13N3O3/c1-8(11(16)17)14-9-2-4-10(5-3-9)15-7-6-13-12(15)18/h2-8,14H,1H3,(H,13,18)(H,16,17). The third-order valence-corrected chi connectivity index (χ3v) is 2.55. The fraction of sp³-hybridized carbons (Fsp3) is 0.167. The summed E-state index contributed by atoms with van der Waals surface area (Å²) in [5.41, 5.74) is 1.20.